The Hall–Kier alpha value is -2.83. The summed E-state index contributed by atoms with van der Waals surface area (Å²) in [6.07, 6.45) is 0. The third kappa shape index (κ3) is 3.40. The number of rotatable bonds is 6. The van der Waals surface area contributed by atoms with Crippen LogP contribution in [0.1, 0.15) is 19.4 Å². The summed E-state index contributed by atoms with van der Waals surface area (Å²) < 4.78 is 9.82. The molecule has 1 aromatic rings. The molecule has 24 heavy (non-hydrogen) atoms. The first-order chi connectivity index (χ1) is 11.5. The first kappa shape index (κ1) is 17.5. The smallest absolute Gasteiger partial charge is 0.340 e. The van der Waals surface area contributed by atoms with Crippen molar-refractivity contribution in [2.45, 2.75) is 26.4 Å². The molecule has 1 aromatic carbocycles. The summed E-state index contributed by atoms with van der Waals surface area (Å²) >= 11 is 0. The van der Waals surface area contributed by atoms with Crippen molar-refractivity contribution >= 4 is 17.8 Å². The van der Waals surface area contributed by atoms with Gasteiger partial charge >= 0.3 is 11.9 Å². The lowest BCUT2D eigenvalue weighted by Crippen LogP contribution is -2.43. The van der Waals surface area contributed by atoms with Crippen LogP contribution in [0.4, 0.5) is 0 Å². The van der Waals surface area contributed by atoms with Crippen molar-refractivity contribution in [1.29, 1.82) is 0 Å². The fourth-order valence-electron chi connectivity index (χ4n) is 2.48. The Morgan fingerprint density at radius 1 is 1.12 bits per heavy atom. The summed E-state index contributed by atoms with van der Waals surface area (Å²) in [6.45, 7) is 3.39. The summed E-state index contributed by atoms with van der Waals surface area (Å²) in [7, 11) is 0. The molecule has 0 aliphatic carbocycles. The largest absolute Gasteiger partial charge is 0.503 e. The number of hydrogen-bond acceptors (Lipinski definition) is 6. The van der Waals surface area contributed by atoms with Crippen molar-refractivity contribution in [2.75, 3.05) is 13.2 Å². The summed E-state index contributed by atoms with van der Waals surface area (Å²) in [5.74, 6) is -3.27. The van der Waals surface area contributed by atoms with Crippen LogP contribution >= 0.6 is 0 Å². The highest BCUT2D eigenvalue weighted by Gasteiger charge is 2.48. The Morgan fingerprint density at radius 3 is 2.33 bits per heavy atom. The van der Waals surface area contributed by atoms with E-state index in [4.69, 9.17) is 9.47 Å². The maximum absolute atomic E-state index is 12.4. The predicted octanol–water partition coefficient (Wildman–Crippen LogP) is 1.34. The second-order valence-corrected chi connectivity index (χ2v) is 5.06. The van der Waals surface area contributed by atoms with Crippen LogP contribution in [0, 0.1) is 0 Å². The maximum Gasteiger partial charge on any atom is 0.340 e. The van der Waals surface area contributed by atoms with Crippen LogP contribution in [-0.4, -0.2) is 47.1 Å². The van der Waals surface area contributed by atoms with E-state index in [1.165, 1.54) is 0 Å². The average molecular weight is 333 g/mol. The van der Waals surface area contributed by atoms with E-state index < -0.39 is 29.6 Å². The number of nitrogens with zero attached hydrogens (tertiary/aromatic N) is 1. The fraction of sp³-hybridized carbons (Fsp3) is 0.353. The summed E-state index contributed by atoms with van der Waals surface area (Å²) in [4.78, 5) is 37.8. The number of carbonyl (C=O) groups excluding carboxylic acids is 3. The van der Waals surface area contributed by atoms with Gasteiger partial charge in [0.05, 0.1) is 13.2 Å². The Bertz CT molecular complexity index is 667. The van der Waals surface area contributed by atoms with E-state index in [9.17, 15) is 19.5 Å². The van der Waals surface area contributed by atoms with Gasteiger partial charge in [0.15, 0.2) is 11.8 Å². The first-order valence-electron chi connectivity index (χ1n) is 7.63. The second-order valence-electron chi connectivity index (χ2n) is 5.06. The van der Waals surface area contributed by atoms with Crippen molar-refractivity contribution in [3.8, 4) is 0 Å². The van der Waals surface area contributed by atoms with E-state index in [1.54, 1.807) is 38.1 Å². The van der Waals surface area contributed by atoms with Crippen molar-refractivity contribution in [2.24, 2.45) is 0 Å². The van der Waals surface area contributed by atoms with Crippen LogP contribution in [0.2, 0.25) is 0 Å². The van der Waals surface area contributed by atoms with Crippen molar-refractivity contribution in [3.63, 3.8) is 0 Å². The van der Waals surface area contributed by atoms with Crippen LogP contribution in [0.15, 0.2) is 41.7 Å². The highest BCUT2D eigenvalue weighted by Crippen LogP contribution is 2.28. The molecule has 0 saturated heterocycles. The van der Waals surface area contributed by atoms with E-state index in [1.807, 2.05) is 6.07 Å². The molecule has 1 atom stereocenters. The van der Waals surface area contributed by atoms with E-state index in [2.05, 4.69) is 0 Å². The molecule has 0 saturated carbocycles. The number of aliphatic hydroxyl groups is 1. The molecule has 128 valence electrons. The molecule has 1 heterocycles. The van der Waals surface area contributed by atoms with Gasteiger partial charge in [0.1, 0.15) is 5.57 Å². The third-order valence-electron chi connectivity index (χ3n) is 3.50. The van der Waals surface area contributed by atoms with Crippen LogP contribution in [-0.2, 0) is 30.4 Å². The Balaban J connectivity index is 2.37. The average Bonchev–Trinajstić information content (AvgIpc) is 2.81. The predicted molar refractivity (Wildman–Crippen MR) is 83.7 cm³/mol. The van der Waals surface area contributed by atoms with Gasteiger partial charge in [-0.1, -0.05) is 30.3 Å². The fourth-order valence-corrected chi connectivity index (χ4v) is 2.48. The molecule has 0 radical (unpaired) electrons. The van der Waals surface area contributed by atoms with Gasteiger partial charge in [-0.25, -0.2) is 9.59 Å². The summed E-state index contributed by atoms with van der Waals surface area (Å²) in [5, 5.41) is 10.1. The van der Waals surface area contributed by atoms with Crippen LogP contribution in [0.5, 0.6) is 0 Å². The zero-order chi connectivity index (χ0) is 17.7. The zero-order valence-electron chi connectivity index (χ0n) is 13.5. The van der Waals surface area contributed by atoms with Crippen LogP contribution in [0.3, 0.4) is 0 Å². The van der Waals surface area contributed by atoms with E-state index >= 15 is 0 Å². The number of amides is 1. The molecule has 0 aromatic heterocycles. The Morgan fingerprint density at radius 2 is 1.75 bits per heavy atom. The molecule has 7 heteroatoms. The molecule has 1 aliphatic rings. The zero-order valence-corrected chi connectivity index (χ0v) is 13.5. The molecule has 1 aliphatic heterocycles. The summed E-state index contributed by atoms with van der Waals surface area (Å²) in [5.41, 5.74) is 0.370. The molecule has 1 amide bonds. The lowest BCUT2D eigenvalue weighted by atomic mass is 10.1. The standard InChI is InChI=1S/C17H19NO6/c1-3-23-16(21)12-13(17(22)24-4-2)18(15(20)14(12)19)10-11-8-6-5-7-9-11/h5-9,13,19H,3-4,10H2,1-2H3/t13-/m0/s1. The van der Waals surface area contributed by atoms with Gasteiger partial charge in [-0.3, -0.25) is 4.79 Å². The lowest BCUT2D eigenvalue weighted by Gasteiger charge is -2.24. The van der Waals surface area contributed by atoms with Gasteiger partial charge in [-0.15, -0.1) is 0 Å². The number of aliphatic hydroxyl groups excluding tert-OH is 1. The summed E-state index contributed by atoms with van der Waals surface area (Å²) in [6, 6.07) is 7.61. The third-order valence-corrected chi connectivity index (χ3v) is 3.50. The normalized spacial score (nSPS) is 17.2. The van der Waals surface area contributed by atoms with Crippen LogP contribution in [0.25, 0.3) is 0 Å². The molecular weight excluding hydrogens is 314 g/mol. The number of hydrogen-bond donors (Lipinski definition) is 1. The molecule has 0 bridgehead atoms. The lowest BCUT2D eigenvalue weighted by molar-refractivity contribution is -0.153. The Kier molecular flexibility index (Phi) is 5.57. The van der Waals surface area contributed by atoms with Crippen molar-refractivity contribution in [1.82, 2.24) is 4.90 Å². The van der Waals surface area contributed by atoms with Gasteiger partial charge in [0.25, 0.3) is 5.91 Å². The van der Waals surface area contributed by atoms with E-state index in [0.717, 1.165) is 10.5 Å². The minimum atomic E-state index is -1.32. The minimum Gasteiger partial charge on any atom is -0.503 e. The van der Waals surface area contributed by atoms with Gasteiger partial charge in [-0.05, 0) is 19.4 Å². The molecule has 7 nitrogen and oxygen atoms in total. The maximum atomic E-state index is 12.4. The molecule has 0 unspecified atom stereocenters. The topological polar surface area (TPSA) is 93.1 Å². The second kappa shape index (κ2) is 7.63. The number of ether oxygens (including phenoxy) is 2. The van der Waals surface area contributed by atoms with Gasteiger partial charge in [0, 0.05) is 6.54 Å². The van der Waals surface area contributed by atoms with Gasteiger partial charge in [-0.2, -0.15) is 0 Å². The van der Waals surface area contributed by atoms with Gasteiger partial charge < -0.3 is 19.5 Å². The van der Waals surface area contributed by atoms with Crippen LogP contribution < -0.4 is 0 Å². The molecule has 0 fully saturated rings. The SMILES string of the molecule is CCOC(=O)C1=C(O)C(=O)N(Cc2ccccc2)[C@@H]1C(=O)OCC. The van der Waals surface area contributed by atoms with Crippen molar-refractivity contribution < 1.29 is 29.0 Å². The highest BCUT2D eigenvalue weighted by atomic mass is 16.5. The number of carbonyl (C=O) groups is 3. The van der Waals surface area contributed by atoms with E-state index in [-0.39, 0.29) is 25.3 Å². The Labute approximate surface area is 139 Å². The molecule has 2 rings (SSSR count). The first-order valence-corrected chi connectivity index (χ1v) is 7.63. The quantitative estimate of drug-likeness (QED) is 0.790. The van der Waals surface area contributed by atoms with Gasteiger partial charge in [0.2, 0.25) is 0 Å². The number of benzene rings is 1. The van der Waals surface area contributed by atoms with E-state index in [0.29, 0.717) is 0 Å². The molecule has 1 N–H and O–H groups in total. The molecular formula is C17H19NO6. The number of esters is 2. The molecule has 0 spiro atoms. The highest BCUT2D eigenvalue weighted by molar-refractivity contribution is 6.11. The monoisotopic (exact) mass is 333 g/mol. The van der Waals surface area contributed by atoms with Crippen molar-refractivity contribution in [3.05, 3.63) is 47.2 Å². The minimum absolute atomic E-state index is 0.0517.